The minimum absolute atomic E-state index is 0.171. The van der Waals surface area contributed by atoms with Crippen molar-refractivity contribution in [2.45, 2.75) is 25.3 Å². The average molecular weight is 494 g/mol. The van der Waals surface area contributed by atoms with Crippen molar-refractivity contribution in [1.29, 1.82) is 0 Å². The van der Waals surface area contributed by atoms with Crippen LogP contribution in [-0.2, 0) is 21.9 Å². The quantitative estimate of drug-likeness (QED) is 0.513. The van der Waals surface area contributed by atoms with Crippen LogP contribution in [0, 0.1) is 0 Å². The van der Waals surface area contributed by atoms with Crippen molar-refractivity contribution in [1.82, 2.24) is 10.2 Å². The zero-order chi connectivity index (χ0) is 21.6. The van der Waals surface area contributed by atoms with Gasteiger partial charge in [-0.15, -0.1) is 11.8 Å². The standard InChI is InChI=1S/C20H20Cl4N2O2S/c1-12(20(28)25-2)26(9-13-6-7-17(23)18(24)8-13)19(27)11-29-10-14-15(21)4-3-5-16(14)22/h3-8,12H,9-11H2,1-2H3,(H,25,28). The van der Waals surface area contributed by atoms with Gasteiger partial charge in [0.15, 0.2) is 0 Å². The Balaban J connectivity index is 2.11. The molecule has 2 aromatic rings. The van der Waals surface area contributed by atoms with E-state index < -0.39 is 6.04 Å². The molecule has 0 saturated heterocycles. The van der Waals surface area contributed by atoms with Crippen LogP contribution < -0.4 is 5.32 Å². The molecular weight excluding hydrogens is 474 g/mol. The molecular formula is C20H20Cl4N2O2S. The van der Waals surface area contributed by atoms with E-state index in [0.29, 0.717) is 25.8 Å². The van der Waals surface area contributed by atoms with Crippen LogP contribution in [0.15, 0.2) is 36.4 Å². The van der Waals surface area contributed by atoms with Gasteiger partial charge in [0, 0.05) is 29.4 Å². The first kappa shape index (κ1) is 24.2. The van der Waals surface area contributed by atoms with Crippen molar-refractivity contribution in [2.24, 2.45) is 0 Å². The fourth-order valence-electron chi connectivity index (χ4n) is 2.62. The molecule has 0 fully saturated rings. The zero-order valence-corrected chi connectivity index (χ0v) is 19.7. The number of amides is 2. The van der Waals surface area contributed by atoms with E-state index in [-0.39, 0.29) is 24.1 Å². The lowest BCUT2D eigenvalue weighted by Gasteiger charge is -2.28. The molecule has 0 aliphatic carbocycles. The molecule has 2 rings (SSSR count). The van der Waals surface area contributed by atoms with Gasteiger partial charge in [0.05, 0.1) is 15.8 Å². The number of carbonyl (C=O) groups is 2. The van der Waals surface area contributed by atoms with E-state index in [2.05, 4.69) is 5.32 Å². The van der Waals surface area contributed by atoms with Crippen molar-refractivity contribution in [3.05, 3.63) is 67.6 Å². The Morgan fingerprint density at radius 1 is 1.03 bits per heavy atom. The van der Waals surface area contributed by atoms with E-state index in [4.69, 9.17) is 46.4 Å². The van der Waals surface area contributed by atoms with Crippen LogP contribution in [0.2, 0.25) is 20.1 Å². The molecule has 0 aliphatic rings. The highest BCUT2D eigenvalue weighted by atomic mass is 35.5. The molecule has 2 amide bonds. The first-order valence-electron chi connectivity index (χ1n) is 8.70. The highest BCUT2D eigenvalue weighted by Crippen LogP contribution is 2.29. The number of likely N-dealkylation sites (N-methyl/N-ethyl adjacent to an activating group) is 1. The Hall–Kier alpha value is -1.11. The van der Waals surface area contributed by atoms with Crippen LogP contribution in [0.5, 0.6) is 0 Å². The van der Waals surface area contributed by atoms with Crippen LogP contribution in [0.25, 0.3) is 0 Å². The summed E-state index contributed by atoms with van der Waals surface area (Å²) in [6.07, 6.45) is 0. The Kier molecular flexibility index (Phi) is 9.44. The van der Waals surface area contributed by atoms with Gasteiger partial charge in [0.25, 0.3) is 0 Å². The zero-order valence-electron chi connectivity index (χ0n) is 15.8. The van der Waals surface area contributed by atoms with Gasteiger partial charge in [-0.05, 0) is 42.3 Å². The number of carbonyl (C=O) groups excluding carboxylic acids is 2. The second kappa shape index (κ2) is 11.3. The summed E-state index contributed by atoms with van der Waals surface area (Å²) in [5.74, 6) is 0.224. The van der Waals surface area contributed by atoms with Gasteiger partial charge in [-0.2, -0.15) is 0 Å². The lowest BCUT2D eigenvalue weighted by atomic mass is 10.1. The summed E-state index contributed by atoms with van der Waals surface area (Å²) in [4.78, 5) is 26.6. The van der Waals surface area contributed by atoms with Crippen molar-refractivity contribution < 1.29 is 9.59 Å². The summed E-state index contributed by atoms with van der Waals surface area (Å²) < 4.78 is 0. The Morgan fingerprint density at radius 2 is 1.69 bits per heavy atom. The lowest BCUT2D eigenvalue weighted by molar-refractivity contribution is -0.138. The average Bonchev–Trinajstić information content (AvgIpc) is 2.69. The fraction of sp³-hybridized carbons (Fsp3) is 0.300. The highest BCUT2D eigenvalue weighted by Gasteiger charge is 2.25. The predicted molar refractivity (Wildman–Crippen MR) is 123 cm³/mol. The number of thioether (sulfide) groups is 1. The normalized spacial score (nSPS) is 11.8. The van der Waals surface area contributed by atoms with E-state index in [1.807, 2.05) is 0 Å². The molecule has 0 aromatic heterocycles. The van der Waals surface area contributed by atoms with Gasteiger partial charge in [0.2, 0.25) is 11.8 Å². The van der Waals surface area contributed by atoms with Crippen LogP contribution in [0.3, 0.4) is 0 Å². The van der Waals surface area contributed by atoms with Crippen LogP contribution in [0.4, 0.5) is 0 Å². The number of hydrogen-bond donors (Lipinski definition) is 1. The smallest absolute Gasteiger partial charge is 0.242 e. The Bertz CT molecular complexity index is 875. The van der Waals surface area contributed by atoms with Gasteiger partial charge < -0.3 is 10.2 Å². The van der Waals surface area contributed by atoms with Crippen LogP contribution in [-0.4, -0.2) is 35.6 Å². The first-order valence-corrected chi connectivity index (χ1v) is 11.4. The summed E-state index contributed by atoms with van der Waals surface area (Å²) in [6.45, 7) is 1.92. The molecule has 0 spiro atoms. The molecule has 1 atom stereocenters. The molecule has 4 nitrogen and oxygen atoms in total. The Morgan fingerprint density at radius 3 is 2.28 bits per heavy atom. The summed E-state index contributed by atoms with van der Waals surface area (Å²) in [6, 6.07) is 9.78. The first-order chi connectivity index (χ1) is 13.7. The van der Waals surface area contributed by atoms with E-state index in [9.17, 15) is 9.59 Å². The number of rotatable bonds is 8. The second-order valence-corrected chi connectivity index (χ2v) is 8.87. The molecule has 0 bridgehead atoms. The van der Waals surface area contributed by atoms with Crippen molar-refractivity contribution >= 4 is 70.0 Å². The largest absolute Gasteiger partial charge is 0.357 e. The molecule has 2 aromatic carbocycles. The number of benzene rings is 2. The minimum atomic E-state index is -0.647. The third kappa shape index (κ3) is 6.69. The number of hydrogen-bond acceptors (Lipinski definition) is 3. The molecule has 0 aliphatic heterocycles. The lowest BCUT2D eigenvalue weighted by Crippen LogP contribution is -2.47. The van der Waals surface area contributed by atoms with Crippen molar-refractivity contribution in [2.75, 3.05) is 12.8 Å². The maximum Gasteiger partial charge on any atom is 0.242 e. The van der Waals surface area contributed by atoms with E-state index in [1.165, 1.54) is 23.7 Å². The van der Waals surface area contributed by atoms with E-state index in [1.54, 1.807) is 43.3 Å². The third-order valence-electron chi connectivity index (χ3n) is 4.28. The maximum atomic E-state index is 12.9. The highest BCUT2D eigenvalue weighted by molar-refractivity contribution is 7.99. The second-order valence-electron chi connectivity index (χ2n) is 6.25. The molecule has 1 N–H and O–H groups in total. The van der Waals surface area contributed by atoms with Gasteiger partial charge in [-0.3, -0.25) is 9.59 Å². The molecule has 29 heavy (non-hydrogen) atoms. The number of halogens is 4. The van der Waals surface area contributed by atoms with E-state index >= 15 is 0 Å². The summed E-state index contributed by atoms with van der Waals surface area (Å²) in [5.41, 5.74) is 1.56. The molecule has 1 unspecified atom stereocenters. The van der Waals surface area contributed by atoms with Gasteiger partial charge in [-0.25, -0.2) is 0 Å². The van der Waals surface area contributed by atoms with Gasteiger partial charge >= 0.3 is 0 Å². The minimum Gasteiger partial charge on any atom is -0.357 e. The van der Waals surface area contributed by atoms with E-state index in [0.717, 1.165) is 11.1 Å². The molecule has 0 heterocycles. The van der Waals surface area contributed by atoms with Crippen molar-refractivity contribution in [3.8, 4) is 0 Å². The monoisotopic (exact) mass is 492 g/mol. The molecule has 0 radical (unpaired) electrons. The molecule has 156 valence electrons. The summed E-state index contributed by atoms with van der Waals surface area (Å²) >= 11 is 25.8. The van der Waals surface area contributed by atoms with Crippen LogP contribution >= 0.6 is 58.2 Å². The maximum absolute atomic E-state index is 12.9. The SMILES string of the molecule is CNC(=O)C(C)N(Cc1ccc(Cl)c(Cl)c1)C(=O)CSCc1c(Cl)cccc1Cl. The summed E-state index contributed by atoms with van der Waals surface area (Å²) in [5, 5.41) is 4.53. The number of nitrogens with one attached hydrogen (secondary N) is 1. The predicted octanol–water partition coefficient (Wildman–Crippen LogP) is 5.70. The van der Waals surface area contributed by atoms with Gasteiger partial charge in [-0.1, -0.05) is 58.5 Å². The summed E-state index contributed by atoms with van der Waals surface area (Å²) in [7, 11) is 1.54. The topological polar surface area (TPSA) is 49.4 Å². The number of nitrogens with zero attached hydrogens (tertiary/aromatic N) is 1. The Labute approximate surface area is 194 Å². The fourth-order valence-corrected chi connectivity index (χ4v) is 4.59. The van der Waals surface area contributed by atoms with Crippen molar-refractivity contribution in [3.63, 3.8) is 0 Å². The molecule has 0 saturated carbocycles. The molecule has 9 heteroatoms. The van der Waals surface area contributed by atoms with Crippen LogP contribution in [0.1, 0.15) is 18.1 Å². The van der Waals surface area contributed by atoms with Gasteiger partial charge in [0.1, 0.15) is 6.04 Å². The third-order valence-corrected chi connectivity index (χ3v) is 6.68.